The Labute approximate surface area is 212 Å². The van der Waals surface area contributed by atoms with Gasteiger partial charge in [-0.25, -0.2) is 0 Å². The number of methoxy groups -OCH3 is 1. The molecule has 1 saturated heterocycles. The lowest BCUT2D eigenvalue weighted by Crippen LogP contribution is -2.72. The average Bonchev–Trinajstić information content (AvgIpc) is 2.81. The van der Waals surface area contributed by atoms with Gasteiger partial charge in [-0.15, -0.1) is 0 Å². The largest absolute Gasteiger partial charge is 0.497 e. The summed E-state index contributed by atoms with van der Waals surface area (Å²) in [7, 11) is 1.61. The van der Waals surface area contributed by atoms with E-state index in [1.165, 1.54) is 0 Å². The summed E-state index contributed by atoms with van der Waals surface area (Å²) in [6.07, 6.45) is 0. The molecule has 3 aromatic rings. The number of amides is 1. The van der Waals surface area contributed by atoms with Crippen molar-refractivity contribution in [1.29, 1.82) is 0 Å². The highest BCUT2D eigenvalue weighted by molar-refractivity contribution is 9.10. The number of ether oxygens (including phenoxy) is 2. The lowest BCUT2D eigenvalue weighted by molar-refractivity contribution is -0.130. The van der Waals surface area contributed by atoms with E-state index in [1.807, 2.05) is 85.5 Å². The van der Waals surface area contributed by atoms with Gasteiger partial charge >= 0.3 is 0 Å². The molecule has 34 heavy (non-hydrogen) atoms. The van der Waals surface area contributed by atoms with Crippen molar-refractivity contribution in [2.24, 2.45) is 5.92 Å². The standard InChI is InChI=1S/C26H24BrN3O3S/c1-15-4-9-18(10-5-15)30-25(34)29-23-20-14-16(27)6-13-21(20)33-26(30,2)22(23)24(31)28-17-7-11-19(32-3)12-8-17/h4-14,22-23H,1-3H3,(H,28,31)(H,29,34)/t22-,23+,26+/m1/s1. The number of fused-ring (bicyclic) bond motifs is 4. The fraction of sp³-hybridized carbons (Fsp3) is 0.231. The number of nitrogens with zero attached hydrogens (tertiary/aromatic N) is 1. The number of benzene rings is 3. The topological polar surface area (TPSA) is 62.8 Å². The first-order valence-corrected chi connectivity index (χ1v) is 12.1. The second-order valence-corrected chi connectivity index (χ2v) is 9.93. The van der Waals surface area contributed by atoms with E-state index in [0.717, 1.165) is 32.8 Å². The molecule has 2 heterocycles. The van der Waals surface area contributed by atoms with Crippen LogP contribution >= 0.6 is 28.1 Å². The summed E-state index contributed by atoms with van der Waals surface area (Å²) in [4.78, 5) is 15.7. The fourth-order valence-corrected chi connectivity index (χ4v) is 5.52. The molecular formula is C26H24BrN3O3S. The Morgan fingerprint density at radius 3 is 2.53 bits per heavy atom. The zero-order valence-corrected chi connectivity index (χ0v) is 21.4. The van der Waals surface area contributed by atoms with Gasteiger partial charge in [-0.2, -0.15) is 0 Å². The van der Waals surface area contributed by atoms with Crippen LogP contribution in [-0.4, -0.2) is 23.9 Å². The van der Waals surface area contributed by atoms with Crippen LogP contribution in [0.5, 0.6) is 11.5 Å². The molecule has 0 unspecified atom stereocenters. The summed E-state index contributed by atoms with van der Waals surface area (Å²) in [6, 6.07) is 20.8. The van der Waals surface area contributed by atoms with Gasteiger partial charge < -0.3 is 20.1 Å². The molecule has 2 aliphatic rings. The first-order chi connectivity index (χ1) is 16.3. The molecule has 1 amide bonds. The van der Waals surface area contributed by atoms with Gasteiger partial charge in [0, 0.05) is 21.4 Å². The van der Waals surface area contributed by atoms with Gasteiger partial charge in [0.15, 0.2) is 10.8 Å². The van der Waals surface area contributed by atoms with Gasteiger partial charge in [0.25, 0.3) is 0 Å². The number of hydrogen-bond acceptors (Lipinski definition) is 4. The predicted molar refractivity (Wildman–Crippen MR) is 140 cm³/mol. The van der Waals surface area contributed by atoms with Crippen molar-refractivity contribution < 1.29 is 14.3 Å². The van der Waals surface area contributed by atoms with E-state index in [-0.39, 0.29) is 11.9 Å². The molecule has 0 aliphatic carbocycles. The minimum atomic E-state index is -1.06. The minimum Gasteiger partial charge on any atom is -0.497 e. The number of nitrogens with one attached hydrogen (secondary N) is 2. The Balaban J connectivity index is 1.59. The van der Waals surface area contributed by atoms with Crippen LogP contribution in [0.25, 0.3) is 0 Å². The normalized spacial score (nSPS) is 22.8. The highest BCUT2D eigenvalue weighted by Gasteiger charge is 2.59. The molecule has 0 spiro atoms. The second-order valence-electron chi connectivity index (χ2n) is 8.63. The van der Waals surface area contributed by atoms with Gasteiger partial charge in [0.2, 0.25) is 5.91 Å². The number of rotatable bonds is 4. The Hall–Kier alpha value is -3.10. The van der Waals surface area contributed by atoms with Crippen molar-refractivity contribution in [3.63, 3.8) is 0 Å². The van der Waals surface area contributed by atoms with E-state index >= 15 is 0 Å². The van der Waals surface area contributed by atoms with E-state index in [9.17, 15) is 4.79 Å². The zero-order valence-electron chi connectivity index (χ0n) is 19.0. The van der Waals surface area contributed by atoms with Crippen LogP contribution < -0.4 is 25.0 Å². The number of hydrogen-bond donors (Lipinski definition) is 2. The predicted octanol–water partition coefficient (Wildman–Crippen LogP) is 5.57. The molecule has 2 bridgehead atoms. The van der Waals surface area contributed by atoms with Crippen molar-refractivity contribution in [3.05, 3.63) is 82.3 Å². The maximum atomic E-state index is 13.8. The van der Waals surface area contributed by atoms with Crippen LogP contribution in [0.4, 0.5) is 11.4 Å². The summed E-state index contributed by atoms with van der Waals surface area (Å²) >= 11 is 9.35. The third kappa shape index (κ3) is 3.80. The maximum Gasteiger partial charge on any atom is 0.236 e. The molecule has 6 nitrogen and oxygen atoms in total. The Morgan fingerprint density at radius 1 is 1.15 bits per heavy atom. The molecule has 3 aromatic carbocycles. The molecule has 5 rings (SSSR count). The number of halogens is 1. The quantitative estimate of drug-likeness (QED) is 0.424. The third-order valence-electron chi connectivity index (χ3n) is 6.39. The van der Waals surface area contributed by atoms with Gasteiger partial charge in [-0.05, 0) is 80.7 Å². The lowest BCUT2D eigenvalue weighted by Gasteiger charge is -2.56. The number of carbonyl (C=O) groups excluding carboxylic acids is 1. The summed E-state index contributed by atoms with van der Waals surface area (Å²) in [5, 5.41) is 7.00. The summed E-state index contributed by atoms with van der Waals surface area (Å²) in [5.74, 6) is 0.662. The Bertz CT molecular complexity index is 1270. The first kappa shape index (κ1) is 22.7. The molecule has 174 valence electrons. The lowest BCUT2D eigenvalue weighted by atomic mass is 9.78. The van der Waals surface area contributed by atoms with Crippen LogP contribution in [0.15, 0.2) is 71.2 Å². The van der Waals surface area contributed by atoms with E-state index < -0.39 is 11.6 Å². The molecule has 1 fully saturated rings. The van der Waals surface area contributed by atoms with E-state index in [2.05, 4.69) is 26.6 Å². The Kier molecular flexibility index (Phi) is 5.73. The number of anilines is 2. The highest BCUT2D eigenvalue weighted by atomic mass is 79.9. The fourth-order valence-electron chi connectivity index (χ4n) is 4.73. The number of aryl methyl sites for hydroxylation is 1. The molecule has 2 aliphatic heterocycles. The summed E-state index contributed by atoms with van der Waals surface area (Å²) < 4.78 is 12.8. The van der Waals surface area contributed by atoms with Crippen LogP contribution in [-0.2, 0) is 4.79 Å². The number of carbonyl (C=O) groups is 1. The van der Waals surface area contributed by atoms with Gasteiger partial charge in [0.1, 0.15) is 17.4 Å². The summed E-state index contributed by atoms with van der Waals surface area (Å²) in [6.45, 7) is 3.96. The van der Waals surface area contributed by atoms with Crippen LogP contribution in [0.2, 0.25) is 0 Å². The van der Waals surface area contributed by atoms with Gasteiger partial charge in [-0.3, -0.25) is 9.69 Å². The van der Waals surface area contributed by atoms with Crippen molar-refractivity contribution in [2.75, 3.05) is 17.3 Å². The van der Waals surface area contributed by atoms with Crippen LogP contribution in [0.3, 0.4) is 0 Å². The van der Waals surface area contributed by atoms with Gasteiger partial charge in [-0.1, -0.05) is 33.6 Å². The van der Waals surface area contributed by atoms with E-state index in [0.29, 0.717) is 10.8 Å². The molecule has 2 N–H and O–H groups in total. The maximum absolute atomic E-state index is 13.8. The van der Waals surface area contributed by atoms with E-state index in [1.54, 1.807) is 7.11 Å². The molecule has 0 aromatic heterocycles. The van der Waals surface area contributed by atoms with E-state index in [4.69, 9.17) is 21.7 Å². The van der Waals surface area contributed by atoms with Crippen LogP contribution in [0.1, 0.15) is 24.1 Å². The smallest absolute Gasteiger partial charge is 0.236 e. The van der Waals surface area contributed by atoms with Crippen molar-refractivity contribution in [2.45, 2.75) is 25.6 Å². The van der Waals surface area contributed by atoms with Crippen LogP contribution in [0, 0.1) is 12.8 Å². The molecular weight excluding hydrogens is 514 g/mol. The second kappa shape index (κ2) is 8.60. The SMILES string of the molecule is COc1ccc(NC(=O)[C@H]2[C@H]3NC(=S)N(c4ccc(C)cc4)[C@@]2(C)Oc2ccc(Br)cc23)cc1. The van der Waals surface area contributed by atoms with Crippen molar-refractivity contribution in [1.82, 2.24) is 5.32 Å². The first-order valence-electron chi connectivity index (χ1n) is 10.9. The molecule has 3 atom stereocenters. The highest BCUT2D eigenvalue weighted by Crippen LogP contribution is 2.50. The summed E-state index contributed by atoms with van der Waals surface area (Å²) in [5.41, 5.74) is 2.49. The van der Waals surface area contributed by atoms with Crippen molar-refractivity contribution in [3.8, 4) is 11.5 Å². The Morgan fingerprint density at radius 2 is 1.85 bits per heavy atom. The number of thiocarbonyl (C=S) groups is 1. The van der Waals surface area contributed by atoms with Gasteiger partial charge in [0.05, 0.1) is 13.2 Å². The molecule has 0 radical (unpaired) electrons. The third-order valence-corrected chi connectivity index (χ3v) is 7.19. The minimum absolute atomic E-state index is 0.171. The average molecular weight is 538 g/mol. The zero-order chi connectivity index (χ0) is 24.0. The molecule has 0 saturated carbocycles. The monoisotopic (exact) mass is 537 g/mol. The molecule has 8 heteroatoms. The van der Waals surface area contributed by atoms with Crippen molar-refractivity contribution >= 4 is 50.5 Å².